The molecule has 0 amide bonds. The van der Waals surface area contributed by atoms with Gasteiger partial charge >= 0.3 is 0 Å². The summed E-state index contributed by atoms with van der Waals surface area (Å²) in [7, 11) is 0. The summed E-state index contributed by atoms with van der Waals surface area (Å²) >= 11 is 3.00. The van der Waals surface area contributed by atoms with E-state index in [1.165, 1.54) is 6.21 Å². The highest BCUT2D eigenvalue weighted by Gasteiger charge is 1.97. The van der Waals surface area contributed by atoms with E-state index in [0.29, 0.717) is 5.57 Å². The predicted molar refractivity (Wildman–Crippen MR) is 57.7 cm³/mol. The summed E-state index contributed by atoms with van der Waals surface area (Å²) in [6.07, 6.45) is 6.10. The van der Waals surface area contributed by atoms with Crippen molar-refractivity contribution >= 4 is 32.3 Å². The molecule has 0 aliphatic carbocycles. The van der Waals surface area contributed by atoms with Crippen molar-refractivity contribution in [2.75, 3.05) is 0 Å². The van der Waals surface area contributed by atoms with Gasteiger partial charge in [0.1, 0.15) is 0 Å². The van der Waals surface area contributed by atoms with Crippen LogP contribution in [0.3, 0.4) is 0 Å². The van der Waals surface area contributed by atoms with Gasteiger partial charge in [-0.1, -0.05) is 0 Å². The van der Waals surface area contributed by atoms with Gasteiger partial charge in [-0.2, -0.15) is 0 Å². The van der Waals surface area contributed by atoms with Gasteiger partial charge in [-0.15, -0.1) is 0 Å². The van der Waals surface area contributed by atoms with E-state index in [-0.39, 0.29) is 4.62 Å². The lowest BCUT2D eigenvalue weighted by Crippen LogP contribution is -1.88. The predicted octanol–water partition coefficient (Wildman–Crippen LogP) is 2.49. The van der Waals surface area contributed by atoms with Crippen LogP contribution in [-0.4, -0.2) is 15.8 Å². The number of hydrogen-bond donors (Lipinski definition) is 2. The minimum Gasteiger partial charge on any atom is -0.308 e. The second-order valence-corrected chi connectivity index (χ2v) is 3.18. The molecule has 13 heavy (non-hydrogen) atoms. The lowest BCUT2D eigenvalue weighted by Gasteiger charge is -1.98. The maximum absolute atomic E-state index is 7.20. The van der Waals surface area contributed by atoms with Crippen LogP contribution in [0, 0.1) is 10.8 Å². The number of pyridine rings is 1. The Bertz CT molecular complexity index is 343. The summed E-state index contributed by atoms with van der Waals surface area (Å²) in [5.41, 5.74) is 1.57. The Balaban J connectivity index is 3.05. The average molecular weight is 238 g/mol. The Hall–Kier alpha value is -1.29. The first-order valence-electron chi connectivity index (χ1n) is 3.60. The zero-order valence-corrected chi connectivity index (χ0v) is 8.38. The molecule has 0 radical (unpaired) electrons. The fourth-order valence-corrected chi connectivity index (χ4v) is 1.14. The first kappa shape index (κ1) is 9.80. The Kier molecular flexibility index (Phi) is 3.52. The van der Waals surface area contributed by atoms with Crippen LogP contribution in [0.15, 0.2) is 30.6 Å². The molecule has 0 saturated carbocycles. The summed E-state index contributed by atoms with van der Waals surface area (Å²) in [5, 5.41) is 14.4. The largest absolute Gasteiger partial charge is 0.308 e. The van der Waals surface area contributed by atoms with Crippen molar-refractivity contribution < 1.29 is 0 Å². The van der Waals surface area contributed by atoms with E-state index in [1.54, 1.807) is 30.6 Å². The van der Waals surface area contributed by atoms with Crippen LogP contribution in [0.25, 0.3) is 5.57 Å². The van der Waals surface area contributed by atoms with Crippen molar-refractivity contribution in [1.29, 1.82) is 10.8 Å². The van der Waals surface area contributed by atoms with Crippen molar-refractivity contribution in [3.8, 4) is 0 Å². The van der Waals surface area contributed by atoms with Crippen molar-refractivity contribution in [1.82, 2.24) is 4.98 Å². The third-order valence-corrected chi connectivity index (χ3v) is 1.68. The van der Waals surface area contributed by atoms with Crippen LogP contribution in [0.5, 0.6) is 0 Å². The minimum atomic E-state index is 0.253. The minimum absolute atomic E-state index is 0.253. The number of halogens is 1. The van der Waals surface area contributed by atoms with E-state index in [2.05, 4.69) is 20.9 Å². The third-order valence-electron chi connectivity index (χ3n) is 1.45. The molecule has 0 aliphatic heterocycles. The van der Waals surface area contributed by atoms with E-state index < -0.39 is 0 Å². The highest BCUT2D eigenvalue weighted by molar-refractivity contribution is 9.18. The molecule has 4 heteroatoms. The summed E-state index contributed by atoms with van der Waals surface area (Å²) in [6, 6.07) is 3.60. The molecule has 0 atom stereocenters. The Labute approximate surface area is 84.7 Å². The molecule has 1 rings (SSSR count). The van der Waals surface area contributed by atoms with Gasteiger partial charge < -0.3 is 5.41 Å². The number of nitrogens with zero attached hydrogens (tertiary/aromatic N) is 1. The van der Waals surface area contributed by atoms with Crippen LogP contribution < -0.4 is 0 Å². The summed E-state index contributed by atoms with van der Waals surface area (Å²) in [4.78, 5) is 3.87. The summed E-state index contributed by atoms with van der Waals surface area (Å²) < 4.78 is 0.253. The maximum atomic E-state index is 7.20. The van der Waals surface area contributed by atoms with Gasteiger partial charge in [-0.3, -0.25) is 10.4 Å². The van der Waals surface area contributed by atoms with E-state index in [1.807, 2.05) is 0 Å². The standard InChI is InChI=1S/C9H8BrN3/c10-9(12)5-8(6-11)7-1-3-13-4-2-7/h1-6,11-12H/b8-5+,11-6?,12-9?. The zero-order chi connectivity index (χ0) is 9.68. The smallest absolute Gasteiger partial charge is 0.0973 e. The quantitative estimate of drug-likeness (QED) is 0.780. The Morgan fingerprint density at radius 3 is 2.46 bits per heavy atom. The normalized spacial score (nSPS) is 11.0. The lowest BCUT2D eigenvalue weighted by atomic mass is 10.1. The molecule has 1 aromatic rings. The molecule has 1 aromatic heterocycles. The van der Waals surface area contributed by atoms with Gasteiger partial charge in [0, 0.05) is 24.2 Å². The van der Waals surface area contributed by atoms with E-state index in [9.17, 15) is 0 Å². The fraction of sp³-hybridized carbons (Fsp3) is 0. The molecule has 0 bridgehead atoms. The molecule has 0 saturated heterocycles. The number of allylic oxidation sites excluding steroid dienone is 2. The number of nitrogens with one attached hydrogen (secondary N) is 2. The van der Waals surface area contributed by atoms with Gasteiger partial charge in [0.15, 0.2) is 0 Å². The monoisotopic (exact) mass is 237 g/mol. The molecule has 0 fully saturated rings. The number of aromatic nitrogens is 1. The van der Waals surface area contributed by atoms with Crippen molar-refractivity contribution in [2.24, 2.45) is 0 Å². The molecular weight excluding hydrogens is 230 g/mol. The maximum Gasteiger partial charge on any atom is 0.0973 e. The molecule has 1 heterocycles. The van der Waals surface area contributed by atoms with Crippen LogP contribution in [0.4, 0.5) is 0 Å². The van der Waals surface area contributed by atoms with E-state index in [4.69, 9.17) is 10.8 Å². The Morgan fingerprint density at radius 1 is 1.38 bits per heavy atom. The van der Waals surface area contributed by atoms with Crippen LogP contribution in [-0.2, 0) is 0 Å². The summed E-state index contributed by atoms with van der Waals surface area (Å²) in [6.45, 7) is 0. The number of hydrogen-bond acceptors (Lipinski definition) is 3. The van der Waals surface area contributed by atoms with Crippen LogP contribution in [0.2, 0.25) is 0 Å². The van der Waals surface area contributed by atoms with Gasteiger partial charge in [0.25, 0.3) is 0 Å². The molecule has 3 nitrogen and oxygen atoms in total. The van der Waals surface area contributed by atoms with Gasteiger partial charge in [-0.05, 0) is 39.7 Å². The van der Waals surface area contributed by atoms with Gasteiger partial charge in [-0.25, -0.2) is 0 Å². The van der Waals surface area contributed by atoms with Gasteiger partial charge in [0.2, 0.25) is 0 Å². The highest BCUT2D eigenvalue weighted by atomic mass is 79.9. The second-order valence-electron chi connectivity index (χ2n) is 2.33. The molecule has 0 spiro atoms. The van der Waals surface area contributed by atoms with Crippen molar-refractivity contribution in [3.05, 3.63) is 36.2 Å². The average Bonchev–Trinajstić information content (AvgIpc) is 2.15. The highest BCUT2D eigenvalue weighted by Crippen LogP contribution is 2.11. The van der Waals surface area contributed by atoms with Crippen molar-refractivity contribution in [2.45, 2.75) is 0 Å². The first-order valence-corrected chi connectivity index (χ1v) is 4.40. The first-order chi connectivity index (χ1) is 6.24. The number of rotatable bonds is 3. The Morgan fingerprint density at radius 2 is 2.00 bits per heavy atom. The molecule has 0 aliphatic rings. The zero-order valence-electron chi connectivity index (χ0n) is 6.79. The van der Waals surface area contributed by atoms with Crippen LogP contribution >= 0.6 is 15.9 Å². The van der Waals surface area contributed by atoms with Crippen LogP contribution in [0.1, 0.15) is 5.56 Å². The van der Waals surface area contributed by atoms with Crippen molar-refractivity contribution in [3.63, 3.8) is 0 Å². The van der Waals surface area contributed by atoms with E-state index >= 15 is 0 Å². The topological polar surface area (TPSA) is 60.6 Å². The molecule has 0 unspecified atom stereocenters. The molecular formula is C9H8BrN3. The molecule has 2 N–H and O–H groups in total. The second kappa shape index (κ2) is 4.67. The third kappa shape index (κ3) is 2.91. The fourth-order valence-electron chi connectivity index (χ4n) is 0.889. The molecule has 0 aromatic carbocycles. The van der Waals surface area contributed by atoms with Gasteiger partial charge in [0.05, 0.1) is 4.62 Å². The lowest BCUT2D eigenvalue weighted by molar-refractivity contribution is 1.32. The summed E-state index contributed by atoms with van der Waals surface area (Å²) in [5.74, 6) is 0. The SMILES string of the molecule is N=C/C(=C\C(=N)Br)c1ccncc1. The van der Waals surface area contributed by atoms with E-state index in [0.717, 1.165) is 5.56 Å². The molecule has 66 valence electrons.